The Morgan fingerprint density at radius 1 is 1.26 bits per heavy atom. The Hall–Kier alpha value is -2.08. The Morgan fingerprint density at radius 3 is 2.74 bits per heavy atom. The largest absolute Gasteiger partial charge is 0.383 e. The van der Waals surface area contributed by atoms with E-state index in [4.69, 9.17) is 4.74 Å². The van der Waals surface area contributed by atoms with Crippen LogP contribution in [0.3, 0.4) is 0 Å². The zero-order valence-corrected chi connectivity index (χ0v) is 11.2. The van der Waals surface area contributed by atoms with Gasteiger partial charge < -0.3 is 20.7 Å². The van der Waals surface area contributed by atoms with Gasteiger partial charge in [0.25, 0.3) is 5.91 Å². The first-order valence-electron chi connectivity index (χ1n) is 6.09. The second kappa shape index (κ2) is 8.10. The quantitative estimate of drug-likeness (QED) is 0.676. The van der Waals surface area contributed by atoms with E-state index < -0.39 is 0 Å². The fraction of sp³-hybridized carbons (Fsp3) is 0.385. The van der Waals surface area contributed by atoms with E-state index in [-0.39, 0.29) is 11.9 Å². The van der Waals surface area contributed by atoms with Gasteiger partial charge in [-0.1, -0.05) is 6.07 Å². The summed E-state index contributed by atoms with van der Waals surface area (Å²) in [5.74, 6) is -0.161. The smallest absolute Gasteiger partial charge is 0.319 e. The molecule has 0 heterocycles. The number of anilines is 1. The molecule has 3 amide bonds. The zero-order valence-electron chi connectivity index (χ0n) is 11.2. The molecular formula is C13H19N3O3. The Labute approximate surface area is 112 Å². The number of hydrogen-bond acceptors (Lipinski definition) is 3. The van der Waals surface area contributed by atoms with Crippen LogP contribution in [0.25, 0.3) is 0 Å². The monoisotopic (exact) mass is 265 g/mol. The van der Waals surface area contributed by atoms with Crippen molar-refractivity contribution in [2.45, 2.75) is 6.92 Å². The van der Waals surface area contributed by atoms with Gasteiger partial charge >= 0.3 is 6.03 Å². The van der Waals surface area contributed by atoms with Crippen LogP contribution >= 0.6 is 0 Å². The highest BCUT2D eigenvalue weighted by Gasteiger charge is 2.06. The number of rotatable bonds is 6. The Morgan fingerprint density at radius 2 is 2.05 bits per heavy atom. The topological polar surface area (TPSA) is 79.5 Å². The molecule has 0 aromatic heterocycles. The Bertz CT molecular complexity index is 435. The summed E-state index contributed by atoms with van der Waals surface area (Å²) in [6.07, 6.45) is 0. The van der Waals surface area contributed by atoms with E-state index in [2.05, 4.69) is 16.0 Å². The summed E-state index contributed by atoms with van der Waals surface area (Å²) in [4.78, 5) is 23.2. The molecule has 0 fully saturated rings. The number of carbonyl (C=O) groups excluding carboxylic acids is 2. The van der Waals surface area contributed by atoms with Crippen LogP contribution in [0.1, 0.15) is 17.3 Å². The van der Waals surface area contributed by atoms with Gasteiger partial charge in [-0.25, -0.2) is 4.79 Å². The van der Waals surface area contributed by atoms with E-state index in [1.54, 1.807) is 31.4 Å². The van der Waals surface area contributed by atoms with E-state index in [1.807, 2.05) is 6.92 Å². The number of urea groups is 1. The number of benzene rings is 1. The third-order valence-electron chi connectivity index (χ3n) is 2.31. The van der Waals surface area contributed by atoms with Gasteiger partial charge in [0.15, 0.2) is 0 Å². The number of nitrogens with one attached hydrogen (secondary N) is 3. The van der Waals surface area contributed by atoms with Crippen molar-refractivity contribution in [3.05, 3.63) is 29.8 Å². The molecule has 1 aromatic rings. The molecule has 6 nitrogen and oxygen atoms in total. The molecule has 0 bridgehead atoms. The summed E-state index contributed by atoms with van der Waals surface area (Å²) < 4.78 is 4.82. The Balaban J connectivity index is 2.56. The first kappa shape index (κ1) is 15.0. The number of hydrogen-bond donors (Lipinski definition) is 3. The van der Waals surface area contributed by atoms with Gasteiger partial charge in [-0.2, -0.15) is 0 Å². The van der Waals surface area contributed by atoms with E-state index in [1.165, 1.54) is 0 Å². The van der Waals surface area contributed by atoms with Crippen molar-refractivity contribution in [1.29, 1.82) is 0 Å². The van der Waals surface area contributed by atoms with Crippen LogP contribution in [-0.2, 0) is 4.74 Å². The maximum Gasteiger partial charge on any atom is 0.319 e. The number of amides is 3. The van der Waals surface area contributed by atoms with Crippen LogP contribution in [0, 0.1) is 0 Å². The summed E-state index contributed by atoms with van der Waals surface area (Å²) in [7, 11) is 1.56. The molecule has 0 aliphatic carbocycles. The summed E-state index contributed by atoms with van der Waals surface area (Å²) in [5.41, 5.74) is 1.08. The second-order valence-electron chi connectivity index (χ2n) is 3.81. The van der Waals surface area contributed by atoms with Gasteiger partial charge in [0.05, 0.1) is 6.61 Å². The third kappa shape index (κ3) is 5.39. The maximum atomic E-state index is 11.6. The van der Waals surface area contributed by atoms with Crippen LogP contribution in [0.2, 0.25) is 0 Å². The fourth-order valence-electron chi connectivity index (χ4n) is 1.44. The lowest BCUT2D eigenvalue weighted by molar-refractivity contribution is 0.0956. The molecule has 1 aromatic carbocycles. The molecule has 104 valence electrons. The van der Waals surface area contributed by atoms with Crippen molar-refractivity contribution >= 4 is 17.6 Å². The lowest BCUT2D eigenvalue weighted by Gasteiger charge is -2.08. The zero-order chi connectivity index (χ0) is 14.1. The van der Waals surface area contributed by atoms with Crippen molar-refractivity contribution in [3.63, 3.8) is 0 Å². The van der Waals surface area contributed by atoms with Crippen molar-refractivity contribution in [3.8, 4) is 0 Å². The van der Waals surface area contributed by atoms with Crippen molar-refractivity contribution in [2.24, 2.45) is 0 Å². The standard InChI is InChI=1S/C13H19N3O3/c1-3-14-12(17)10-5-4-6-11(9-10)16-13(18)15-7-8-19-2/h4-6,9H,3,7-8H2,1-2H3,(H,14,17)(H2,15,16,18). The van der Waals surface area contributed by atoms with Crippen molar-refractivity contribution in [2.75, 3.05) is 32.1 Å². The van der Waals surface area contributed by atoms with Crippen molar-refractivity contribution in [1.82, 2.24) is 10.6 Å². The number of carbonyl (C=O) groups is 2. The van der Waals surface area contributed by atoms with Gasteiger partial charge in [0.1, 0.15) is 0 Å². The molecule has 0 saturated heterocycles. The first-order valence-corrected chi connectivity index (χ1v) is 6.09. The lowest BCUT2D eigenvalue weighted by atomic mass is 10.2. The molecule has 0 saturated carbocycles. The van der Waals surface area contributed by atoms with E-state index >= 15 is 0 Å². The van der Waals surface area contributed by atoms with Crippen LogP contribution in [0.15, 0.2) is 24.3 Å². The summed E-state index contributed by atoms with van der Waals surface area (Å²) >= 11 is 0. The van der Waals surface area contributed by atoms with Crippen LogP contribution in [0.5, 0.6) is 0 Å². The highest BCUT2D eigenvalue weighted by atomic mass is 16.5. The summed E-state index contributed by atoms with van der Waals surface area (Å²) in [6, 6.07) is 6.43. The average Bonchev–Trinajstić information content (AvgIpc) is 2.39. The molecule has 1 rings (SSSR count). The van der Waals surface area contributed by atoms with Crippen LogP contribution in [0.4, 0.5) is 10.5 Å². The minimum atomic E-state index is -0.329. The summed E-state index contributed by atoms with van der Waals surface area (Å²) in [5, 5.41) is 7.98. The van der Waals surface area contributed by atoms with Gasteiger partial charge in [0, 0.05) is 31.5 Å². The SMILES string of the molecule is CCNC(=O)c1cccc(NC(=O)NCCOC)c1. The van der Waals surface area contributed by atoms with Gasteiger partial charge in [-0.15, -0.1) is 0 Å². The van der Waals surface area contributed by atoms with E-state index in [0.717, 1.165) is 0 Å². The molecular weight excluding hydrogens is 246 g/mol. The average molecular weight is 265 g/mol. The predicted octanol–water partition coefficient (Wildman–Crippen LogP) is 1.20. The van der Waals surface area contributed by atoms with Crippen LogP contribution < -0.4 is 16.0 Å². The molecule has 0 spiro atoms. The van der Waals surface area contributed by atoms with Gasteiger partial charge in [-0.05, 0) is 25.1 Å². The first-order chi connectivity index (χ1) is 9.17. The van der Waals surface area contributed by atoms with Crippen molar-refractivity contribution < 1.29 is 14.3 Å². The van der Waals surface area contributed by atoms with Gasteiger partial charge in [0.2, 0.25) is 0 Å². The second-order valence-corrected chi connectivity index (χ2v) is 3.81. The summed E-state index contributed by atoms with van der Waals surface area (Å²) in [6.45, 7) is 3.29. The number of ether oxygens (including phenoxy) is 1. The lowest BCUT2D eigenvalue weighted by Crippen LogP contribution is -2.31. The third-order valence-corrected chi connectivity index (χ3v) is 2.31. The van der Waals surface area contributed by atoms with Crippen LogP contribution in [-0.4, -0.2) is 38.7 Å². The highest BCUT2D eigenvalue weighted by molar-refractivity contribution is 5.96. The molecule has 0 unspecified atom stereocenters. The fourth-order valence-corrected chi connectivity index (χ4v) is 1.44. The highest BCUT2D eigenvalue weighted by Crippen LogP contribution is 2.10. The maximum absolute atomic E-state index is 11.6. The number of methoxy groups -OCH3 is 1. The molecule has 0 aliphatic rings. The molecule has 3 N–H and O–H groups in total. The molecule has 0 radical (unpaired) electrons. The van der Waals surface area contributed by atoms with E-state index in [9.17, 15) is 9.59 Å². The normalized spacial score (nSPS) is 9.79. The minimum Gasteiger partial charge on any atom is -0.383 e. The molecule has 0 atom stereocenters. The Kier molecular flexibility index (Phi) is 6.38. The predicted molar refractivity (Wildman–Crippen MR) is 73.3 cm³/mol. The molecule has 6 heteroatoms. The van der Waals surface area contributed by atoms with E-state index in [0.29, 0.717) is 30.9 Å². The molecule has 0 aliphatic heterocycles. The minimum absolute atomic E-state index is 0.161. The molecule has 19 heavy (non-hydrogen) atoms. The van der Waals surface area contributed by atoms with Gasteiger partial charge in [-0.3, -0.25) is 4.79 Å².